The number of ketones is 2. The van der Waals surface area contributed by atoms with Crippen molar-refractivity contribution in [3.63, 3.8) is 0 Å². The Morgan fingerprint density at radius 1 is 0.906 bits per heavy atom. The normalized spacial score (nSPS) is 44.4. The fourth-order valence-electron chi connectivity index (χ4n) is 8.65. The van der Waals surface area contributed by atoms with Crippen LogP contribution in [0.4, 0.5) is 0 Å². The maximum Gasteiger partial charge on any atom is 0.161 e. The Kier molecular flexibility index (Phi) is 6.24. The van der Waals surface area contributed by atoms with Gasteiger partial charge in [0, 0.05) is 30.1 Å². The molecule has 0 radical (unpaired) electrons. The molecule has 1 spiro atoms. The molecule has 1 heterocycles. The van der Waals surface area contributed by atoms with Crippen LogP contribution in [0, 0.1) is 39.4 Å². The monoisotopic (exact) mass is 446 g/mol. The van der Waals surface area contributed by atoms with Crippen LogP contribution in [-0.2, 0) is 19.1 Å². The van der Waals surface area contributed by atoms with E-state index in [-0.39, 0.29) is 33.4 Å². The highest BCUT2D eigenvalue weighted by Gasteiger charge is 2.64. The number of aldehydes is 1. The van der Waals surface area contributed by atoms with Crippen LogP contribution in [0.25, 0.3) is 0 Å². The first-order valence-corrected chi connectivity index (χ1v) is 12.8. The van der Waals surface area contributed by atoms with Gasteiger partial charge in [-0.2, -0.15) is 0 Å². The number of carbonyl (C=O) groups excluding carboxylic acids is 3. The van der Waals surface area contributed by atoms with Crippen molar-refractivity contribution in [2.24, 2.45) is 39.4 Å². The zero-order chi connectivity index (χ0) is 23.4. The summed E-state index contributed by atoms with van der Waals surface area (Å²) in [6, 6.07) is 0. The van der Waals surface area contributed by atoms with E-state index in [4.69, 9.17) is 4.74 Å². The molecule has 5 rings (SSSR count). The summed E-state index contributed by atoms with van der Waals surface area (Å²) in [4.78, 5) is 35.0. The Morgan fingerprint density at radius 3 is 2.22 bits per heavy atom. The second kappa shape index (κ2) is 8.30. The third-order valence-electron chi connectivity index (χ3n) is 10.2. The van der Waals surface area contributed by atoms with Crippen LogP contribution < -0.4 is 0 Å². The first-order chi connectivity index (χ1) is 15.0. The number of Topliss-reactive ketones (excluding diaryl/α,β-unsaturated/α-hetero) is 2. The van der Waals surface area contributed by atoms with Gasteiger partial charge in [0.1, 0.15) is 17.9 Å². The molecule has 5 unspecified atom stereocenters. The van der Waals surface area contributed by atoms with Crippen molar-refractivity contribution in [2.75, 3.05) is 6.61 Å². The first kappa shape index (κ1) is 24.1. The molecule has 0 amide bonds. The number of carbonyl (C=O) groups is 3. The second-order valence-corrected chi connectivity index (χ2v) is 12.8. The molecule has 1 aliphatic heterocycles. The predicted octanol–water partition coefficient (Wildman–Crippen LogP) is 4.88. The summed E-state index contributed by atoms with van der Waals surface area (Å²) >= 11 is 0. The largest absolute Gasteiger partial charge is 0.367 e. The summed E-state index contributed by atoms with van der Waals surface area (Å²) in [5.41, 5.74) is -0.111. The van der Waals surface area contributed by atoms with Crippen LogP contribution in [0.1, 0.15) is 98.3 Å². The predicted molar refractivity (Wildman–Crippen MR) is 122 cm³/mol. The van der Waals surface area contributed by atoms with Gasteiger partial charge in [-0.15, -0.1) is 0 Å². The van der Waals surface area contributed by atoms with Crippen molar-refractivity contribution >= 4 is 17.9 Å². The minimum absolute atomic E-state index is 0.0455. The van der Waals surface area contributed by atoms with Crippen LogP contribution in [0.5, 0.6) is 0 Å². The molecule has 5 heteroatoms. The van der Waals surface area contributed by atoms with Crippen LogP contribution in [-0.4, -0.2) is 35.9 Å². The van der Waals surface area contributed by atoms with Gasteiger partial charge in [0.25, 0.3) is 0 Å². The fraction of sp³-hybridized carbons (Fsp3) is 0.889. The molecule has 32 heavy (non-hydrogen) atoms. The van der Waals surface area contributed by atoms with Gasteiger partial charge in [-0.05, 0) is 61.2 Å². The minimum Gasteiger partial charge on any atom is -0.367 e. The Bertz CT molecular complexity index is 770. The van der Waals surface area contributed by atoms with Gasteiger partial charge >= 0.3 is 0 Å². The number of fused-ring (bicyclic) bond motifs is 1. The van der Waals surface area contributed by atoms with Crippen LogP contribution >= 0.6 is 0 Å². The highest BCUT2D eigenvalue weighted by Crippen LogP contribution is 2.63. The molecule has 5 aliphatic rings. The quantitative estimate of drug-likeness (QED) is 0.581. The second-order valence-electron chi connectivity index (χ2n) is 12.8. The SMILES string of the molecule is CC1(C)CCCC2(C=O)CC(=O)CCC12.CC1(C)CCC[C@]23C(O)OCC2C(=O)CCC13. The molecule has 5 fully saturated rings. The number of aliphatic hydroxyl groups is 1. The van der Waals surface area contributed by atoms with Gasteiger partial charge in [-0.3, -0.25) is 9.59 Å². The first-order valence-electron chi connectivity index (χ1n) is 12.8. The molecule has 180 valence electrons. The number of rotatable bonds is 1. The zero-order valence-corrected chi connectivity index (χ0v) is 20.5. The van der Waals surface area contributed by atoms with Crippen LogP contribution in [0.15, 0.2) is 0 Å². The van der Waals surface area contributed by atoms with Crippen LogP contribution in [0.3, 0.4) is 0 Å². The topological polar surface area (TPSA) is 80.7 Å². The van der Waals surface area contributed by atoms with Gasteiger partial charge < -0.3 is 14.6 Å². The number of hydrogen-bond donors (Lipinski definition) is 1. The van der Waals surface area contributed by atoms with E-state index in [0.717, 1.165) is 44.8 Å². The molecule has 0 aromatic heterocycles. The molecular weight excluding hydrogens is 404 g/mol. The van der Waals surface area contributed by atoms with E-state index in [1.165, 1.54) is 12.8 Å². The molecule has 4 saturated carbocycles. The average Bonchev–Trinajstić information content (AvgIpc) is 3.05. The highest BCUT2D eigenvalue weighted by atomic mass is 16.6. The summed E-state index contributed by atoms with van der Waals surface area (Å²) in [5.74, 6) is 1.42. The molecule has 0 bridgehead atoms. The summed E-state index contributed by atoms with van der Waals surface area (Å²) in [6.45, 7) is 9.52. The Hall–Kier alpha value is -1.07. The smallest absolute Gasteiger partial charge is 0.161 e. The summed E-state index contributed by atoms with van der Waals surface area (Å²) in [6.07, 6.45) is 10.6. The molecule has 0 aromatic carbocycles. The maximum absolute atomic E-state index is 12.1. The van der Waals surface area contributed by atoms with Crippen molar-refractivity contribution in [3.05, 3.63) is 0 Å². The Labute approximate surface area is 193 Å². The van der Waals surface area contributed by atoms with Gasteiger partial charge in [-0.25, -0.2) is 0 Å². The molecule has 5 nitrogen and oxygen atoms in total. The Balaban J connectivity index is 0.000000155. The van der Waals surface area contributed by atoms with Crippen molar-refractivity contribution in [2.45, 2.75) is 105 Å². The lowest BCUT2D eigenvalue weighted by atomic mass is 9.48. The third-order valence-corrected chi connectivity index (χ3v) is 10.2. The number of ether oxygens (including phenoxy) is 1. The fourth-order valence-corrected chi connectivity index (χ4v) is 8.65. The Morgan fingerprint density at radius 2 is 1.53 bits per heavy atom. The van der Waals surface area contributed by atoms with Gasteiger partial charge in [0.15, 0.2) is 6.29 Å². The van der Waals surface area contributed by atoms with E-state index < -0.39 is 6.29 Å². The van der Waals surface area contributed by atoms with Crippen molar-refractivity contribution < 1.29 is 24.2 Å². The summed E-state index contributed by atoms with van der Waals surface area (Å²) < 4.78 is 5.46. The number of hydrogen-bond acceptors (Lipinski definition) is 5. The zero-order valence-electron chi connectivity index (χ0n) is 20.5. The van der Waals surface area contributed by atoms with Crippen molar-refractivity contribution in [1.29, 1.82) is 0 Å². The standard InChI is InChI=1S/C14H22O3.C13H20O2/c1-13(2)6-3-7-14-9(8-17-12(14)16)10(15)4-5-11(13)14;1-12(2)6-3-7-13(9-14)8-10(15)4-5-11(12)13/h9,11-12,16H,3-8H2,1-2H3;9,11H,3-8H2,1-2H3/t9?,11?,12?,14-;/m0./s1. The maximum atomic E-state index is 12.1. The third kappa shape index (κ3) is 3.72. The van der Waals surface area contributed by atoms with Gasteiger partial charge in [-0.1, -0.05) is 40.5 Å². The lowest BCUT2D eigenvalue weighted by Gasteiger charge is -2.55. The molecule has 6 atom stereocenters. The minimum atomic E-state index is -0.721. The molecule has 1 saturated heterocycles. The van der Waals surface area contributed by atoms with Crippen molar-refractivity contribution in [3.8, 4) is 0 Å². The van der Waals surface area contributed by atoms with E-state index >= 15 is 0 Å². The number of aliphatic hydroxyl groups excluding tert-OH is 1. The average molecular weight is 447 g/mol. The molecule has 1 N–H and O–H groups in total. The summed E-state index contributed by atoms with van der Waals surface area (Å²) in [7, 11) is 0. The van der Waals surface area contributed by atoms with E-state index in [0.29, 0.717) is 43.5 Å². The van der Waals surface area contributed by atoms with Gasteiger partial charge in [0.2, 0.25) is 0 Å². The lowest BCUT2D eigenvalue weighted by molar-refractivity contribution is -0.186. The molecule has 4 aliphatic carbocycles. The summed E-state index contributed by atoms with van der Waals surface area (Å²) in [5, 5.41) is 10.3. The van der Waals surface area contributed by atoms with E-state index in [2.05, 4.69) is 27.7 Å². The van der Waals surface area contributed by atoms with Crippen LogP contribution in [0.2, 0.25) is 0 Å². The molecular formula is C27H42O5. The van der Waals surface area contributed by atoms with Gasteiger partial charge in [0.05, 0.1) is 12.5 Å². The van der Waals surface area contributed by atoms with Crippen molar-refractivity contribution in [1.82, 2.24) is 0 Å². The highest BCUT2D eigenvalue weighted by molar-refractivity contribution is 5.84. The van der Waals surface area contributed by atoms with E-state index in [1.54, 1.807) is 0 Å². The molecule has 0 aromatic rings. The van der Waals surface area contributed by atoms with E-state index in [1.807, 2.05) is 0 Å². The van der Waals surface area contributed by atoms with E-state index in [9.17, 15) is 19.5 Å². The lowest BCUT2D eigenvalue weighted by Crippen LogP contribution is -2.56.